The SMILES string of the molecule is Cc1[nH]nc2c(C(C)C(=O)O)cccc12. The van der Waals surface area contributed by atoms with Crippen LogP contribution in [0.15, 0.2) is 18.2 Å². The lowest BCUT2D eigenvalue weighted by molar-refractivity contribution is -0.138. The second-order valence-corrected chi connectivity index (χ2v) is 3.65. The van der Waals surface area contributed by atoms with E-state index in [2.05, 4.69) is 10.2 Å². The first-order valence-electron chi connectivity index (χ1n) is 4.77. The summed E-state index contributed by atoms with van der Waals surface area (Å²) < 4.78 is 0. The third-order valence-electron chi connectivity index (χ3n) is 2.64. The van der Waals surface area contributed by atoms with Gasteiger partial charge in [0, 0.05) is 11.1 Å². The fourth-order valence-corrected chi connectivity index (χ4v) is 1.67. The highest BCUT2D eigenvalue weighted by molar-refractivity contribution is 5.89. The van der Waals surface area contributed by atoms with Gasteiger partial charge in [0.15, 0.2) is 0 Å². The Hall–Kier alpha value is -1.84. The molecule has 0 fully saturated rings. The second-order valence-electron chi connectivity index (χ2n) is 3.65. The quantitative estimate of drug-likeness (QED) is 0.786. The minimum atomic E-state index is -0.830. The van der Waals surface area contributed by atoms with Crippen molar-refractivity contribution in [2.45, 2.75) is 19.8 Å². The van der Waals surface area contributed by atoms with Crippen LogP contribution in [-0.4, -0.2) is 21.3 Å². The van der Waals surface area contributed by atoms with E-state index in [1.54, 1.807) is 13.0 Å². The fourth-order valence-electron chi connectivity index (χ4n) is 1.67. The summed E-state index contributed by atoms with van der Waals surface area (Å²) in [5.41, 5.74) is 2.47. The molecule has 0 aliphatic heterocycles. The maximum atomic E-state index is 10.9. The minimum Gasteiger partial charge on any atom is -0.481 e. The topological polar surface area (TPSA) is 66.0 Å². The zero-order valence-corrected chi connectivity index (χ0v) is 8.61. The van der Waals surface area contributed by atoms with E-state index in [0.717, 1.165) is 22.2 Å². The lowest BCUT2D eigenvalue weighted by Gasteiger charge is -2.06. The number of aliphatic carboxylic acids is 1. The number of benzene rings is 1. The van der Waals surface area contributed by atoms with Crippen molar-refractivity contribution in [1.29, 1.82) is 0 Å². The van der Waals surface area contributed by atoms with Crippen molar-refractivity contribution in [2.75, 3.05) is 0 Å². The molecule has 0 saturated carbocycles. The van der Waals surface area contributed by atoms with E-state index < -0.39 is 11.9 Å². The number of aryl methyl sites for hydroxylation is 1. The van der Waals surface area contributed by atoms with Gasteiger partial charge in [-0.2, -0.15) is 5.10 Å². The lowest BCUT2D eigenvalue weighted by atomic mass is 9.98. The number of aromatic amines is 1. The van der Waals surface area contributed by atoms with Crippen molar-refractivity contribution < 1.29 is 9.90 Å². The van der Waals surface area contributed by atoms with Crippen molar-refractivity contribution >= 4 is 16.9 Å². The number of fused-ring (bicyclic) bond motifs is 1. The van der Waals surface area contributed by atoms with Crippen LogP contribution in [0, 0.1) is 6.92 Å². The normalized spacial score (nSPS) is 12.9. The highest BCUT2D eigenvalue weighted by Crippen LogP contribution is 2.25. The minimum absolute atomic E-state index is 0.531. The number of hydrogen-bond donors (Lipinski definition) is 2. The molecule has 0 bridgehead atoms. The fraction of sp³-hybridized carbons (Fsp3) is 0.273. The van der Waals surface area contributed by atoms with Crippen LogP contribution in [0.5, 0.6) is 0 Å². The smallest absolute Gasteiger partial charge is 0.310 e. The first-order chi connectivity index (χ1) is 7.11. The summed E-state index contributed by atoms with van der Waals surface area (Å²) in [6, 6.07) is 5.60. The van der Waals surface area contributed by atoms with Gasteiger partial charge in [0.25, 0.3) is 0 Å². The summed E-state index contributed by atoms with van der Waals surface area (Å²) in [4.78, 5) is 10.9. The van der Waals surface area contributed by atoms with Gasteiger partial charge in [0.2, 0.25) is 0 Å². The number of para-hydroxylation sites is 1. The van der Waals surface area contributed by atoms with Gasteiger partial charge in [-0.1, -0.05) is 18.2 Å². The molecule has 4 heteroatoms. The van der Waals surface area contributed by atoms with E-state index in [1.807, 2.05) is 19.1 Å². The molecular formula is C11H12N2O2. The van der Waals surface area contributed by atoms with Crippen LogP contribution in [0.4, 0.5) is 0 Å². The summed E-state index contributed by atoms with van der Waals surface area (Å²) in [5, 5.41) is 17.0. The number of hydrogen-bond acceptors (Lipinski definition) is 2. The zero-order chi connectivity index (χ0) is 11.0. The summed E-state index contributed by atoms with van der Waals surface area (Å²) in [6.07, 6.45) is 0. The third-order valence-corrected chi connectivity index (χ3v) is 2.64. The molecule has 78 valence electrons. The van der Waals surface area contributed by atoms with E-state index in [1.165, 1.54) is 0 Å². The molecule has 15 heavy (non-hydrogen) atoms. The molecule has 0 amide bonds. The summed E-state index contributed by atoms with van der Waals surface area (Å²) in [6.45, 7) is 3.59. The van der Waals surface area contributed by atoms with Crippen molar-refractivity contribution in [3.8, 4) is 0 Å². The summed E-state index contributed by atoms with van der Waals surface area (Å²) in [7, 11) is 0. The Kier molecular flexibility index (Phi) is 2.19. The highest BCUT2D eigenvalue weighted by atomic mass is 16.4. The van der Waals surface area contributed by atoms with Gasteiger partial charge in [-0.25, -0.2) is 0 Å². The second kappa shape index (κ2) is 3.38. The number of carboxylic acids is 1. The average molecular weight is 204 g/mol. The number of carbonyl (C=O) groups is 1. The average Bonchev–Trinajstić information content (AvgIpc) is 2.59. The largest absolute Gasteiger partial charge is 0.481 e. The van der Waals surface area contributed by atoms with Crippen LogP contribution in [0.2, 0.25) is 0 Å². The van der Waals surface area contributed by atoms with Crippen LogP contribution in [-0.2, 0) is 4.79 Å². The predicted octanol–water partition coefficient (Wildman–Crippen LogP) is 2.06. The Morgan fingerprint density at radius 2 is 2.27 bits per heavy atom. The van der Waals surface area contributed by atoms with E-state index >= 15 is 0 Å². The Bertz CT molecular complexity index is 516. The number of nitrogens with zero attached hydrogens (tertiary/aromatic N) is 1. The number of nitrogens with one attached hydrogen (secondary N) is 1. The Morgan fingerprint density at radius 1 is 1.53 bits per heavy atom. The third kappa shape index (κ3) is 1.48. The number of carboxylic acid groups (broad SMARTS) is 1. The molecule has 4 nitrogen and oxygen atoms in total. The van der Waals surface area contributed by atoms with E-state index in [4.69, 9.17) is 5.11 Å². The standard InChI is InChI=1S/C11H12N2O2/c1-6(11(14)15)8-4-3-5-9-7(2)12-13-10(8)9/h3-6H,1-2H3,(H,12,13)(H,14,15). The van der Waals surface area contributed by atoms with Crippen LogP contribution in [0.3, 0.4) is 0 Å². The molecule has 0 radical (unpaired) electrons. The van der Waals surface area contributed by atoms with Crippen molar-refractivity contribution in [2.24, 2.45) is 0 Å². The van der Waals surface area contributed by atoms with Crippen molar-refractivity contribution in [3.63, 3.8) is 0 Å². The summed E-state index contributed by atoms with van der Waals surface area (Å²) >= 11 is 0. The van der Waals surface area contributed by atoms with E-state index in [-0.39, 0.29) is 0 Å². The van der Waals surface area contributed by atoms with Gasteiger partial charge < -0.3 is 5.11 Å². The molecule has 0 aliphatic carbocycles. The van der Waals surface area contributed by atoms with Gasteiger partial charge in [0.05, 0.1) is 11.4 Å². The van der Waals surface area contributed by atoms with Gasteiger partial charge in [0.1, 0.15) is 0 Å². The molecule has 1 aromatic heterocycles. The van der Waals surface area contributed by atoms with Crippen LogP contribution >= 0.6 is 0 Å². The van der Waals surface area contributed by atoms with E-state index in [9.17, 15) is 4.79 Å². The number of H-pyrrole nitrogens is 1. The molecule has 2 rings (SSSR count). The van der Waals surface area contributed by atoms with Crippen molar-refractivity contribution in [1.82, 2.24) is 10.2 Å². The van der Waals surface area contributed by atoms with Crippen LogP contribution < -0.4 is 0 Å². The zero-order valence-electron chi connectivity index (χ0n) is 8.61. The van der Waals surface area contributed by atoms with Gasteiger partial charge in [-0.05, 0) is 19.4 Å². The molecule has 0 spiro atoms. The maximum absolute atomic E-state index is 10.9. The number of rotatable bonds is 2. The van der Waals surface area contributed by atoms with Gasteiger partial charge in [-0.3, -0.25) is 9.89 Å². The monoisotopic (exact) mass is 204 g/mol. The first kappa shape index (κ1) is 9.71. The van der Waals surface area contributed by atoms with Gasteiger partial charge in [-0.15, -0.1) is 0 Å². The first-order valence-corrected chi connectivity index (χ1v) is 4.77. The highest BCUT2D eigenvalue weighted by Gasteiger charge is 2.18. The molecular weight excluding hydrogens is 192 g/mol. The molecule has 2 N–H and O–H groups in total. The summed E-state index contributed by atoms with van der Waals surface area (Å²) in [5.74, 6) is -1.36. The predicted molar refractivity (Wildman–Crippen MR) is 56.9 cm³/mol. The Morgan fingerprint density at radius 3 is 2.93 bits per heavy atom. The Balaban J connectivity index is 2.66. The van der Waals surface area contributed by atoms with Crippen molar-refractivity contribution in [3.05, 3.63) is 29.5 Å². The van der Waals surface area contributed by atoms with Gasteiger partial charge >= 0.3 is 5.97 Å². The molecule has 2 aromatic rings. The molecule has 1 atom stereocenters. The Labute approximate surface area is 86.9 Å². The molecule has 1 unspecified atom stereocenters. The molecule has 0 aliphatic rings. The molecule has 1 aromatic carbocycles. The van der Waals surface area contributed by atoms with Crippen LogP contribution in [0.25, 0.3) is 10.9 Å². The molecule has 1 heterocycles. The molecule has 0 saturated heterocycles. The lowest BCUT2D eigenvalue weighted by Crippen LogP contribution is -2.07. The maximum Gasteiger partial charge on any atom is 0.310 e. The van der Waals surface area contributed by atoms with Crippen LogP contribution in [0.1, 0.15) is 24.1 Å². The number of aromatic nitrogens is 2. The van der Waals surface area contributed by atoms with E-state index in [0.29, 0.717) is 0 Å².